The Hall–Kier alpha value is -3.40. The molecule has 0 bridgehead atoms. The molecule has 0 heterocycles. The van der Waals surface area contributed by atoms with Crippen molar-refractivity contribution in [3.63, 3.8) is 0 Å². The maximum Gasteiger partial charge on any atom is 0.196 e. The van der Waals surface area contributed by atoms with Crippen molar-refractivity contribution >= 4 is 17.3 Å². The van der Waals surface area contributed by atoms with Gasteiger partial charge in [-0.3, -0.25) is 9.59 Å². The number of phenols is 1. The van der Waals surface area contributed by atoms with Crippen LogP contribution in [0.4, 0.5) is 5.69 Å². The molecule has 128 valence electrons. The van der Waals surface area contributed by atoms with E-state index in [1.165, 1.54) is 0 Å². The lowest BCUT2D eigenvalue weighted by Gasteiger charge is -2.20. The van der Waals surface area contributed by atoms with Crippen molar-refractivity contribution in [1.82, 2.24) is 0 Å². The number of hydrogen-bond donors (Lipinski definition) is 2. The number of nitrogen functional groups attached to an aromatic ring is 1. The van der Waals surface area contributed by atoms with Crippen LogP contribution in [0, 0.1) is 6.92 Å². The maximum atomic E-state index is 12.9. The molecule has 0 fully saturated rings. The number of carbonyl (C=O) groups is 2. The van der Waals surface area contributed by atoms with Gasteiger partial charge in [-0.2, -0.15) is 0 Å². The summed E-state index contributed by atoms with van der Waals surface area (Å²) in [5, 5.41) is 9.67. The highest BCUT2D eigenvalue weighted by atomic mass is 16.3. The van der Waals surface area contributed by atoms with Crippen molar-refractivity contribution in [1.29, 1.82) is 0 Å². The number of benzene rings is 3. The van der Waals surface area contributed by atoms with Gasteiger partial charge in [0.1, 0.15) is 5.75 Å². The number of aryl methyl sites for hydroxylation is 1. The van der Waals surface area contributed by atoms with Crippen LogP contribution in [0.25, 0.3) is 0 Å². The maximum absolute atomic E-state index is 12.9. The normalized spacial score (nSPS) is 12.7. The fourth-order valence-electron chi connectivity index (χ4n) is 3.46. The predicted molar refractivity (Wildman–Crippen MR) is 99.8 cm³/mol. The van der Waals surface area contributed by atoms with Crippen molar-refractivity contribution in [2.24, 2.45) is 0 Å². The topological polar surface area (TPSA) is 80.4 Å². The van der Waals surface area contributed by atoms with Crippen LogP contribution in [0.2, 0.25) is 0 Å². The minimum Gasteiger partial charge on any atom is -0.508 e. The van der Waals surface area contributed by atoms with Gasteiger partial charge in [-0.25, -0.2) is 0 Å². The summed E-state index contributed by atoms with van der Waals surface area (Å²) < 4.78 is 0. The van der Waals surface area contributed by atoms with Gasteiger partial charge in [0, 0.05) is 22.4 Å². The van der Waals surface area contributed by atoms with E-state index in [1.807, 2.05) is 19.1 Å². The largest absolute Gasteiger partial charge is 0.508 e. The van der Waals surface area contributed by atoms with Gasteiger partial charge in [0.05, 0.1) is 5.56 Å². The Balaban J connectivity index is 1.80. The predicted octanol–water partition coefficient (Wildman–Crippen LogP) is 3.65. The van der Waals surface area contributed by atoms with Crippen LogP contribution in [0.15, 0.2) is 54.6 Å². The van der Waals surface area contributed by atoms with Crippen molar-refractivity contribution in [2.75, 3.05) is 5.73 Å². The minimum atomic E-state index is -0.212. The zero-order valence-electron chi connectivity index (χ0n) is 14.2. The fraction of sp³-hybridized carbons (Fsp3) is 0.0909. The molecule has 4 heteroatoms. The van der Waals surface area contributed by atoms with Crippen molar-refractivity contribution < 1.29 is 14.7 Å². The van der Waals surface area contributed by atoms with Gasteiger partial charge in [0.25, 0.3) is 0 Å². The molecule has 1 aliphatic rings. The summed E-state index contributed by atoms with van der Waals surface area (Å²) in [5.41, 5.74) is 10.7. The molecule has 4 rings (SSSR count). The molecule has 0 radical (unpaired) electrons. The van der Waals surface area contributed by atoms with Crippen LogP contribution in [-0.2, 0) is 6.42 Å². The third-order valence-electron chi connectivity index (χ3n) is 4.88. The van der Waals surface area contributed by atoms with Crippen LogP contribution in [0.5, 0.6) is 5.75 Å². The third-order valence-corrected chi connectivity index (χ3v) is 4.88. The van der Waals surface area contributed by atoms with Gasteiger partial charge in [0.2, 0.25) is 0 Å². The second-order valence-corrected chi connectivity index (χ2v) is 6.56. The van der Waals surface area contributed by atoms with Gasteiger partial charge in [-0.05, 0) is 42.2 Å². The Bertz CT molecular complexity index is 1080. The third kappa shape index (κ3) is 2.39. The Morgan fingerprint density at radius 2 is 1.58 bits per heavy atom. The molecule has 0 aliphatic heterocycles. The molecule has 3 N–H and O–H groups in total. The molecule has 26 heavy (non-hydrogen) atoms. The Kier molecular flexibility index (Phi) is 3.62. The Morgan fingerprint density at radius 1 is 0.885 bits per heavy atom. The second-order valence-electron chi connectivity index (χ2n) is 6.56. The highest BCUT2D eigenvalue weighted by Gasteiger charge is 2.31. The van der Waals surface area contributed by atoms with Crippen molar-refractivity contribution in [2.45, 2.75) is 13.3 Å². The van der Waals surface area contributed by atoms with Crippen LogP contribution < -0.4 is 5.73 Å². The van der Waals surface area contributed by atoms with E-state index in [-0.39, 0.29) is 17.3 Å². The lowest BCUT2D eigenvalue weighted by Crippen LogP contribution is -2.23. The van der Waals surface area contributed by atoms with E-state index in [4.69, 9.17) is 5.73 Å². The average Bonchev–Trinajstić information content (AvgIpc) is 2.64. The second kappa shape index (κ2) is 5.85. The highest BCUT2D eigenvalue weighted by Crippen LogP contribution is 2.33. The molecule has 3 aromatic carbocycles. The van der Waals surface area contributed by atoms with E-state index in [1.54, 1.807) is 42.5 Å². The summed E-state index contributed by atoms with van der Waals surface area (Å²) in [6.45, 7) is 1.83. The number of carbonyl (C=O) groups excluding carboxylic acids is 2. The summed E-state index contributed by atoms with van der Waals surface area (Å²) in [5.74, 6) is -0.144. The van der Waals surface area contributed by atoms with Crippen molar-refractivity contribution in [3.8, 4) is 5.75 Å². The standard InChI is InChI=1S/C22H17NO3/c1-12-10-13(6-9-18(12)24)11-14-7-8-17-19(20(14)23)22(26)16-5-3-2-4-15(16)21(17)25/h2-10,24H,11,23H2,1H3. The van der Waals surface area contributed by atoms with E-state index in [0.29, 0.717) is 34.4 Å². The Labute approximate surface area is 150 Å². The average molecular weight is 343 g/mol. The van der Waals surface area contributed by atoms with Crippen LogP contribution in [0.1, 0.15) is 48.5 Å². The summed E-state index contributed by atoms with van der Waals surface area (Å²) >= 11 is 0. The fourth-order valence-corrected chi connectivity index (χ4v) is 3.46. The van der Waals surface area contributed by atoms with E-state index in [0.717, 1.165) is 16.7 Å². The lowest BCUT2D eigenvalue weighted by atomic mass is 9.81. The summed E-state index contributed by atoms with van der Waals surface area (Å²) in [6.07, 6.45) is 0.517. The van der Waals surface area contributed by atoms with Crippen LogP contribution >= 0.6 is 0 Å². The molecule has 0 amide bonds. The number of anilines is 1. The lowest BCUT2D eigenvalue weighted by molar-refractivity contribution is 0.0979. The van der Waals surface area contributed by atoms with Gasteiger partial charge >= 0.3 is 0 Å². The molecule has 3 aromatic rings. The molecule has 0 saturated heterocycles. The summed E-state index contributed by atoms with van der Waals surface area (Å²) in [4.78, 5) is 25.6. The number of aromatic hydroxyl groups is 1. The molecular weight excluding hydrogens is 326 g/mol. The van der Waals surface area contributed by atoms with Crippen LogP contribution in [0.3, 0.4) is 0 Å². The van der Waals surface area contributed by atoms with E-state index >= 15 is 0 Å². The number of fused-ring (bicyclic) bond motifs is 2. The van der Waals surface area contributed by atoms with Gasteiger partial charge in [-0.15, -0.1) is 0 Å². The first kappa shape index (κ1) is 16.1. The molecule has 1 aliphatic carbocycles. The quantitative estimate of drug-likeness (QED) is 0.545. The first-order valence-electron chi connectivity index (χ1n) is 8.35. The monoisotopic (exact) mass is 343 g/mol. The molecule has 0 atom stereocenters. The molecule has 0 unspecified atom stereocenters. The first-order valence-corrected chi connectivity index (χ1v) is 8.35. The zero-order valence-corrected chi connectivity index (χ0v) is 14.2. The number of phenolic OH excluding ortho intramolecular Hbond substituents is 1. The van der Waals surface area contributed by atoms with Crippen molar-refractivity contribution in [3.05, 3.63) is 93.5 Å². The SMILES string of the molecule is Cc1cc(Cc2ccc3c(c2N)C(=O)c2ccccc2C3=O)ccc1O. The van der Waals surface area contributed by atoms with Gasteiger partial charge in [-0.1, -0.05) is 42.5 Å². The minimum absolute atomic E-state index is 0.172. The Morgan fingerprint density at radius 3 is 2.27 bits per heavy atom. The molecule has 4 nitrogen and oxygen atoms in total. The summed E-state index contributed by atoms with van der Waals surface area (Å²) in [7, 11) is 0. The molecular formula is C22H17NO3. The first-order chi connectivity index (χ1) is 12.5. The molecule has 0 aromatic heterocycles. The number of rotatable bonds is 2. The molecule has 0 saturated carbocycles. The number of ketones is 2. The van der Waals surface area contributed by atoms with E-state index in [2.05, 4.69) is 0 Å². The highest BCUT2D eigenvalue weighted by molar-refractivity contribution is 6.30. The van der Waals surface area contributed by atoms with Crippen LogP contribution in [-0.4, -0.2) is 16.7 Å². The molecule has 0 spiro atoms. The smallest absolute Gasteiger partial charge is 0.196 e. The summed E-state index contributed by atoms with van der Waals surface area (Å²) in [6, 6.07) is 15.7. The van der Waals surface area contributed by atoms with Gasteiger partial charge < -0.3 is 10.8 Å². The van der Waals surface area contributed by atoms with E-state index in [9.17, 15) is 14.7 Å². The zero-order chi connectivity index (χ0) is 18.4. The number of hydrogen-bond acceptors (Lipinski definition) is 4. The van der Waals surface area contributed by atoms with Gasteiger partial charge in [0.15, 0.2) is 11.6 Å². The van der Waals surface area contributed by atoms with E-state index < -0.39 is 0 Å². The number of nitrogens with two attached hydrogens (primary N) is 1.